The molecule has 0 aliphatic heterocycles. The molecule has 0 bridgehead atoms. The van der Waals surface area contributed by atoms with Crippen LogP contribution >= 0.6 is 24.0 Å². The first kappa shape index (κ1) is 14.2. The normalized spacial score (nSPS) is 9.27. The number of nitrogens with one attached hydrogen (secondary N) is 1. The lowest BCUT2D eigenvalue weighted by Gasteiger charge is -2.05. The average Bonchev–Trinajstić information content (AvgIpc) is 2.19. The molecule has 0 spiro atoms. The molecule has 0 radical (unpaired) electrons. The van der Waals surface area contributed by atoms with Gasteiger partial charge in [-0.15, -0.1) is 24.0 Å². The van der Waals surface area contributed by atoms with Crippen molar-refractivity contribution in [2.24, 2.45) is 0 Å². The van der Waals surface area contributed by atoms with Crippen molar-refractivity contribution >= 4 is 29.9 Å². The smallest absolute Gasteiger partial charge is 0.235 e. The van der Waals surface area contributed by atoms with E-state index < -0.39 is 0 Å². The third kappa shape index (κ3) is 4.49. The first-order valence-corrected chi connectivity index (χ1v) is 4.92. The molecule has 5 heteroatoms. The maximum Gasteiger partial charge on any atom is 0.235 e. The molecule has 0 aliphatic carbocycles. The van der Waals surface area contributed by atoms with E-state index in [2.05, 4.69) is 10.3 Å². The van der Waals surface area contributed by atoms with E-state index in [-0.39, 0.29) is 24.2 Å². The Morgan fingerprint density at radius 2 is 2.13 bits per heavy atom. The van der Waals surface area contributed by atoms with E-state index in [0.717, 1.165) is 17.0 Å². The summed E-state index contributed by atoms with van der Waals surface area (Å²) in [6, 6.07) is 3.89. The predicted molar refractivity (Wildman–Crippen MR) is 63.5 cm³/mol. The number of aryl methyl sites for hydroxylation is 2. The maximum atomic E-state index is 10.9. The Morgan fingerprint density at radius 1 is 1.47 bits per heavy atom. The van der Waals surface area contributed by atoms with Crippen molar-refractivity contribution in [1.82, 2.24) is 10.3 Å². The third-order valence-electron chi connectivity index (χ3n) is 2.00. The van der Waals surface area contributed by atoms with Crippen LogP contribution in [-0.2, 0) is 11.3 Å². The second-order valence-electron chi connectivity index (χ2n) is 3.12. The molecule has 0 saturated carbocycles. The number of halogens is 2. The molecule has 15 heavy (non-hydrogen) atoms. The number of amides is 1. The van der Waals surface area contributed by atoms with Crippen LogP contribution in [0.5, 0.6) is 0 Å². The zero-order chi connectivity index (χ0) is 10.6. The van der Waals surface area contributed by atoms with E-state index in [1.54, 1.807) is 0 Å². The molecule has 1 N–H and O–H groups in total. The number of carbonyl (C=O) groups excluding carboxylic acids is 1. The van der Waals surface area contributed by atoms with E-state index in [9.17, 15) is 4.79 Å². The van der Waals surface area contributed by atoms with Gasteiger partial charge >= 0.3 is 0 Å². The number of pyridine rings is 1. The molecule has 0 aliphatic rings. The van der Waals surface area contributed by atoms with Crippen molar-refractivity contribution in [1.29, 1.82) is 0 Å². The first-order chi connectivity index (χ1) is 6.63. The molecule has 0 aromatic carbocycles. The monoisotopic (exact) mass is 248 g/mol. The highest BCUT2D eigenvalue weighted by atomic mass is 35.5. The summed E-state index contributed by atoms with van der Waals surface area (Å²) >= 11 is 5.34. The fraction of sp³-hybridized carbons (Fsp3) is 0.400. The first-order valence-electron chi connectivity index (χ1n) is 4.39. The number of nitrogens with zero attached hydrogens (tertiary/aromatic N) is 1. The van der Waals surface area contributed by atoms with Crippen molar-refractivity contribution in [2.75, 3.05) is 5.88 Å². The molecular formula is C10H14Cl2N2O. The molecule has 0 atom stereocenters. The average molecular weight is 249 g/mol. The molecule has 0 saturated heterocycles. The van der Waals surface area contributed by atoms with E-state index in [4.69, 9.17) is 11.6 Å². The van der Waals surface area contributed by atoms with Gasteiger partial charge in [0, 0.05) is 5.69 Å². The van der Waals surface area contributed by atoms with Crippen molar-refractivity contribution < 1.29 is 4.79 Å². The van der Waals surface area contributed by atoms with Crippen LogP contribution in [0.25, 0.3) is 0 Å². The van der Waals surface area contributed by atoms with Gasteiger partial charge in [-0.25, -0.2) is 0 Å². The van der Waals surface area contributed by atoms with Crippen LogP contribution in [-0.4, -0.2) is 16.8 Å². The number of alkyl halides is 1. The lowest BCUT2D eigenvalue weighted by atomic mass is 10.2. The molecule has 0 unspecified atom stereocenters. The minimum atomic E-state index is -0.174. The molecular weight excluding hydrogens is 235 g/mol. The summed E-state index contributed by atoms with van der Waals surface area (Å²) in [5, 5.41) is 2.66. The van der Waals surface area contributed by atoms with Crippen LogP contribution < -0.4 is 5.32 Å². The number of hydrogen-bond donors (Lipinski definition) is 1. The van der Waals surface area contributed by atoms with E-state index in [0.29, 0.717) is 6.54 Å². The fourth-order valence-corrected chi connectivity index (χ4v) is 1.11. The SMILES string of the molecule is Cc1ccc(CNC(=O)CCl)nc1C.Cl. The third-order valence-corrected chi connectivity index (χ3v) is 2.24. The van der Waals surface area contributed by atoms with Gasteiger partial charge in [0.1, 0.15) is 5.88 Å². The Hall–Kier alpha value is -0.800. The Balaban J connectivity index is 0.00000196. The topological polar surface area (TPSA) is 42.0 Å². The van der Waals surface area contributed by atoms with Crippen molar-refractivity contribution in [2.45, 2.75) is 20.4 Å². The highest BCUT2D eigenvalue weighted by Gasteiger charge is 2.00. The van der Waals surface area contributed by atoms with Gasteiger partial charge in [0.15, 0.2) is 0 Å². The Labute approximate surface area is 101 Å². The summed E-state index contributed by atoms with van der Waals surface area (Å²) in [6.07, 6.45) is 0. The van der Waals surface area contributed by atoms with Gasteiger partial charge < -0.3 is 5.32 Å². The minimum absolute atomic E-state index is 0. The predicted octanol–water partition coefficient (Wildman–Crippen LogP) is 1.98. The van der Waals surface area contributed by atoms with Crippen molar-refractivity contribution in [3.8, 4) is 0 Å². The van der Waals surface area contributed by atoms with Gasteiger partial charge in [-0.2, -0.15) is 0 Å². The molecule has 3 nitrogen and oxygen atoms in total. The zero-order valence-electron chi connectivity index (χ0n) is 8.71. The number of hydrogen-bond acceptors (Lipinski definition) is 2. The summed E-state index contributed by atoms with van der Waals surface area (Å²) in [5.74, 6) is -0.183. The Morgan fingerprint density at radius 3 is 2.67 bits per heavy atom. The van der Waals surface area contributed by atoms with Gasteiger partial charge in [-0.1, -0.05) is 6.07 Å². The zero-order valence-corrected chi connectivity index (χ0v) is 10.3. The van der Waals surface area contributed by atoms with Gasteiger partial charge in [0.25, 0.3) is 0 Å². The highest BCUT2D eigenvalue weighted by Crippen LogP contribution is 2.04. The van der Waals surface area contributed by atoms with Crippen LogP contribution in [0.3, 0.4) is 0 Å². The largest absolute Gasteiger partial charge is 0.349 e. The lowest BCUT2D eigenvalue weighted by molar-refractivity contribution is -0.118. The highest BCUT2D eigenvalue weighted by molar-refractivity contribution is 6.27. The molecule has 0 fully saturated rings. The van der Waals surface area contributed by atoms with Crippen molar-refractivity contribution in [3.05, 3.63) is 29.1 Å². The number of aromatic nitrogens is 1. The van der Waals surface area contributed by atoms with Crippen LogP contribution in [0.15, 0.2) is 12.1 Å². The standard InChI is InChI=1S/C10H13ClN2O.ClH/c1-7-3-4-9(13-8(7)2)6-12-10(14)5-11;/h3-4H,5-6H2,1-2H3,(H,12,14);1H. The van der Waals surface area contributed by atoms with Gasteiger partial charge in [-0.3, -0.25) is 9.78 Å². The van der Waals surface area contributed by atoms with Crippen molar-refractivity contribution in [3.63, 3.8) is 0 Å². The van der Waals surface area contributed by atoms with Crippen LogP contribution in [0.4, 0.5) is 0 Å². The second kappa shape index (κ2) is 6.64. The molecule has 1 rings (SSSR count). The van der Waals surface area contributed by atoms with E-state index >= 15 is 0 Å². The summed E-state index contributed by atoms with van der Waals surface area (Å²) in [5.41, 5.74) is 2.99. The molecule has 1 amide bonds. The molecule has 1 aromatic heterocycles. The lowest BCUT2D eigenvalue weighted by Crippen LogP contribution is -2.24. The summed E-state index contributed by atoms with van der Waals surface area (Å²) in [6.45, 7) is 4.39. The second-order valence-corrected chi connectivity index (χ2v) is 3.38. The van der Waals surface area contributed by atoms with Crippen LogP contribution in [0.2, 0.25) is 0 Å². The molecule has 84 valence electrons. The fourth-order valence-electron chi connectivity index (χ4n) is 1.02. The van der Waals surface area contributed by atoms with Gasteiger partial charge in [0.2, 0.25) is 5.91 Å². The van der Waals surface area contributed by atoms with Gasteiger partial charge in [0.05, 0.1) is 12.2 Å². The van der Waals surface area contributed by atoms with Gasteiger partial charge in [-0.05, 0) is 25.5 Å². The summed E-state index contributed by atoms with van der Waals surface area (Å²) in [4.78, 5) is 15.2. The van der Waals surface area contributed by atoms with Crippen LogP contribution in [0, 0.1) is 13.8 Å². The molecule has 1 heterocycles. The number of rotatable bonds is 3. The Bertz CT molecular complexity index is 342. The van der Waals surface area contributed by atoms with E-state index in [1.807, 2.05) is 26.0 Å². The minimum Gasteiger partial charge on any atom is -0.349 e. The van der Waals surface area contributed by atoms with Crippen LogP contribution in [0.1, 0.15) is 17.0 Å². The maximum absolute atomic E-state index is 10.9. The summed E-state index contributed by atoms with van der Waals surface area (Å²) in [7, 11) is 0. The molecule has 1 aromatic rings. The Kier molecular flexibility index (Phi) is 6.29. The number of carbonyl (C=O) groups is 1. The van der Waals surface area contributed by atoms with E-state index in [1.165, 1.54) is 0 Å². The quantitative estimate of drug-likeness (QED) is 0.832. The summed E-state index contributed by atoms with van der Waals surface area (Å²) < 4.78 is 0.